The number of nitrogens with zero attached hydrogens (tertiary/aromatic N) is 2. The molecule has 76 valence electrons. The third kappa shape index (κ3) is 2.33. The molecule has 2 rings (SSSR count). The molecule has 15 heavy (non-hydrogen) atoms. The van der Waals surface area contributed by atoms with Gasteiger partial charge in [0, 0.05) is 23.4 Å². The number of aromatic nitrogens is 2. The molecule has 0 saturated heterocycles. The molecule has 0 aliphatic rings. The van der Waals surface area contributed by atoms with Crippen LogP contribution >= 0.6 is 15.9 Å². The fraction of sp³-hybridized carbons (Fsp3) is 0.0909. The molecule has 0 aliphatic heterocycles. The molecular weight excluding hydrogens is 256 g/mol. The number of halogens is 1. The smallest absolute Gasteiger partial charge is 0.185 e. The molecule has 2 aromatic rings. The first-order valence-electron chi connectivity index (χ1n) is 4.50. The summed E-state index contributed by atoms with van der Waals surface area (Å²) in [5.41, 5.74) is 1.13. The van der Waals surface area contributed by atoms with Crippen molar-refractivity contribution < 1.29 is 4.79 Å². The van der Waals surface area contributed by atoms with Crippen LogP contribution in [0.5, 0.6) is 0 Å². The highest BCUT2D eigenvalue weighted by Gasteiger charge is 2.01. The van der Waals surface area contributed by atoms with Gasteiger partial charge in [-0.25, -0.2) is 4.98 Å². The van der Waals surface area contributed by atoms with E-state index in [0.29, 0.717) is 12.4 Å². The summed E-state index contributed by atoms with van der Waals surface area (Å²) >= 11 is 3.41. The van der Waals surface area contributed by atoms with Crippen LogP contribution in [0.2, 0.25) is 0 Å². The van der Waals surface area contributed by atoms with Crippen molar-refractivity contribution in [2.24, 2.45) is 0 Å². The maximum absolute atomic E-state index is 10.7. The number of carbonyl (C=O) groups is 1. The second-order valence-electron chi connectivity index (χ2n) is 3.16. The quantitative estimate of drug-likeness (QED) is 0.799. The molecular formula is C11H9BrN2O. The van der Waals surface area contributed by atoms with Crippen molar-refractivity contribution in [3.8, 4) is 0 Å². The first kappa shape index (κ1) is 10.1. The van der Waals surface area contributed by atoms with Crippen LogP contribution in [0.4, 0.5) is 0 Å². The van der Waals surface area contributed by atoms with Crippen LogP contribution < -0.4 is 0 Å². The van der Waals surface area contributed by atoms with E-state index in [1.165, 1.54) is 0 Å². The number of carbonyl (C=O) groups excluding carboxylic acids is 1. The van der Waals surface area contributed by atoms with Crippen molar-refractivity contribution >= 4 is 22.2 Å². The van der Waals surface area contributed by atoms with Crippen LogP contribution in [0.25, 0.3) is 0 Å². The average Bonchev–Trinajstić information content (AvgIpc) is 2.65. The summed E-state index contributed by atoms with van der Waals surface area (Å²) < 4.78 is 2.85. The van der Waals surface area contributed by atoms with Crippen LogP contribution in [-0.2, 0) is 6.54 Å². The molecule has 1 aromatic carbocycles. The maximum atomic E-state index is 10.7. The topological polar surface area (TPSA) is 34.9 Å². The first-order valence-corrected chi connectivity index (χ1v) is 5.29. The van der Waals surface area contributed by atoms with Gasteiger partial charge in [0.05, 0.1) is 0 Å². The number of benzene rings is 1. The monoisotopic (exact) mass is 264 g/mol. The lowest BCUT2D eigenvalue weighted by molar-refractivity contribution is 0.111. The Morgan fingerprint density at radius 2 is 2.33 bits per heavy atom. The molecule has 0 bridgehead atoms. The van der Waals surface area contributed by atoms with Crippen molar-refractivity contribution in [1.82, 2.24) is 9.55 Å². The molecule has 1 heterocycles. The van der Waals surface area contributed by atoms with Gasteiger partial charge in [-0.15, -0.1) is 0 Å². The van der Waals surface area contributed by atoms with Gasteiger partial charge in [-0.3, -0.25) is 4.79 Å². The van der Waals surface area contributed by atoms with Crippen molar-refractivity contribution in [1.29, 1.82) is 0 Å². The molecule has 0 amide bonds. The summed E-state index contributed by atoms with van der Waals surface area (Å²) in [7, 11) is 0. The molecule has 4 heteroatoms. The Labute approximate surface area is 95.9 Å². The standard InChI is InChI=1S/C11H9BrN2O/c12-10-3-1-2-9(6-10)7-14-5-4-13-11(14)8-15/h1-6,8H,7H2. The largest absolute Gasteiger partial charge is 0.324 e. The van der Waals surface area contributed by atoms with Crippen LogP contribution in [0.3, 0.4) is 0 Å². The van der Waals surface area contributed by atoms with Crippen LogP contribution in [0, 0.1) is 0 Å². The lowest BCUT2D eigenvalue weighted by atomic mass is 10.2. The number of hydrogen-bond acceptors (Lipinski definition) is 2. The van der Waals surface area contributed by atoms with Crippen molar-refractivity contribution in [2.45, 2.75) is 6.54 Å². The minimum atomic E-state index is 0.454. The molecule has 0 unspecified atom stereocenters. The Hall–Kier alpha value is -1.42. The molecule has 0 fully saturated rings. The Bertz CT molecular complexity index is 479. The van der Waals surface area contributed by atoms with Gasteiger partial charge >= 0.3 is 0 Å². The van der Waals surface area contributed by atoms with E-state index in [2.05, 4.69) is 20.9 Å². The predicted molar refractivity (Wildman–Crippen MR) is 60.9 cm³/mol. The lowest BCUT2D eigenvalue weighted by Crippen LogP contribution is -2.03. The van der Waals surface area contributed by atoms with E-state index in [9.17, 15) is 4.79 Å². The van der Waals surface area contributed by atoms with Crippen molar-refractivity contribution in [2.75, 3.05) is 0 Å². The van der Waals surface area contributed by atoms with Crippen molar-refractivity contribution in [3.63, 3.8) is 0 Å². The molecule has 0 spiro atoms. The number of rotatable bonds is 3. The van der Waals surface area contributed by atoms with Crippen LogP contribution in [0.1, 0.15) is 16.2 Å². The molecule has 0 aliphatic carbocycles. The van der Waals surface area contributed by atoms with E-state index >= 15 is 0 Å². The van der Waals surface area contributed by atoms with Crippen LogP contribution in [-0.4, -0.2) is 15.8 Å². The Balaban J connectivity index is 2.25. The summed E-state index contributed by atoms with van der Waals surface area (Å²) in [4.78, 5) is 14.6. The molecule has 0 radical (unpaired) electrons. The minimum absolute atomic E-state index is 0.454. The first-order chi connectivity index (χ1) is 7.29. The van der Waals surface area contributed by atoms with Crippen molar-refractivity contribution in [3.05, 3.63) is 52.5 Å². The number of aldehydes is 1. The molecule has 0 N–H and O–H groups in total. The fourth-order valence-electron chi connectivity index (χ4n) is 1.40. The zero-order valence-corrected chi connectivity index (χ0v) is 9.52. The molecule has 0 atom stereocenters. The highest BCUT2D eigenvalue weighted by Crippen LogP contribution is 2.13. The molecule has 3 nitrogen and oxygen atoms in total. The van der Waals surface area contributed by atoms with E-state index in [1.807, 2.05) is 28.8 Å². The fourth-order valence-corrected chi connectivity index (χ4v) is 1.85. The van der Waals surface area contributed by atoms with Gasteiger partial charge in [0.2, 0.25) is 0 Å². The van der Waals surface area contributed by atoms with Gasteiger partial charge in [-0.1, -0.05) is 28.1 Å². The van der Waals surface area contributed by atoms with Gasteiger partial charge < -0.3 is 4.57 Å². The normalized spacial score (nSPS) is 10.2. The molecule has 1 aromatic heterocycles. The summed E-state index contributed by atoms with van der Waals surface area (Å²) in [6.45, 7) is 0.660. The van der Waals surface area contributed by atoms with E-state index in [-0.39, 0.29) is 0 Å². The van der Waals surface area contributed by atoms with Gasteiger partial charge in [-0.05, 0) is 17.7 Å². The number of imidazole rings is 1. The highest BCUT2D eigenvalue weighted by molar-refractivity contribution is 9.10. The second-order valence-corrected chi connectivity index (χ2v) is 4.08. The van der Waals surface area contributed by atoms with Gasteiger partial charge in [0.1, 0.15) is 0 Å². The zero-order valence-electron chi connectivity index (χ0n) is 7.93. The SMILES string of the molecule is O=Cc1nccn1Cc1cccc(Br)c1. The molecule has 0 saturated carbocycles. The average molecular weight is 265 g/mol. The lowest BCUT2D eigenvalue weighted by Gasteiger charge is -2.04. The zero-order chi connectivity index (χ0) is 10.7. The summed E-state index contributed by atoms with van der Waals surface area (Å²) in [5.74, 6) is 0.454. The van der Waals surface area contributed by atoms with Crippen LogP contribution in [0.15, 0.2) is 41.1 Å². The van der Waals surface area contributed by atoms with E-state index in [1.54, 1.807) is 12.4 Å². The minimum Gasteiger partial charge on any atom is -0.324 e. The predicted octanol–water partition coefficient (Wildman–Crippen LogP) is 2.51. The summed E-state index contributed by atoms with van der Waals surface area (Å²) in [6, 6.07) is 7.98. The third-order valence-electron chi connectivity index (χ3n) is 2.10. The van der Waals surface area contributed by atoms with E-state index in [0.717, 1.165) is 16.3 Å². The van der Waals surface area contributed by atoms with E-state index < -0.39 is 0 Å². The summed E-state index contributed by atoms with van der Waals surface area (Å²) in [5, 5.41) is 0. The van der Waals surface area contributed by atoms with Gasteiger partial charge in [-0.2, -0.15) is 0 Å². The Morgan fingerprint density at radius 1 is 1.47 bits per heavy atom. The van der Waals surface area contributed by atoms with Gasteiger partial charge in [0.15, 0.2) is 12.1 Å². The number of hydrogen-bond donors (Lipinski definition) is 0. The third-order valence-corrected chi connectivity index (χ3v) is 2.59. The van der Waals surface area contributed by atoms with E-state index in [4.69, 9.17) is 0 Å². The second kappa shape index (κ2) is 4.40. The Morgan fingerprint density at radius 3 is 3.07 bits per heavy atom. The Kier molecular flexibility index (Phi) is 2.97. The highest BCUT2D eigenvalue weighted by atomic mass is 79.9. The summed E-state index contributed by atoms with van der Waals surface area (Å²) in [6.07, 6.45) is 4.18. The maximum Gasteiger partial charge on any atom is 0.185 e. The van der Waals surface area contributed by atoms with Gasteiger partial charge in [0.25, 0.3) is 0 Å².